The Morgan fingerprint density at radius 3 is 2.36 bits per heavy atom. The van der Waals surface area contributed by atoms with Gasteiger partial charge in [0.25, 0.3) is 5.91 Å². The summed E-state index contributed by atoms with van der Waals surface area (Å²) in [6.07, 6.45) is 0. The number of nitrogens with one attached hydrogen (secondary N) is 3. The fourth-order valence-corrected chi connectivity index (χ4v) is 2.18. The molecule has 1 heterocycles. The molecule has 0 bridgehead atoms. The Morgan fingerprint density at radius 1 is 0.955 bits per heavy atom. The molecule has 1 amide bonds. The van der Waals surface area contributed by atoms with Gasteiger partial charge in [-0.2, -0.15) is 0 Å². The molecule has 0 spiro atoms. The van der Waals surface area contributed by atoms with E-state index in [0.717, 1.165) is 0 Å². The van der Waals surface area contributed by atoms with Crippen molar-refractivity contribution in [3.05, 3.63) is 64.1 Å². The van der Waals surface area contributed by atoms with E-state index in [1.807, 2.05) is 0 Å². The zero-order valence-electron chi connectivity index (χ0n) is 11.2. The first-order valence-electron chi connectivity index (χ1n) is 6.40. The minimum Gasteiger partial charge on any atom is -0.478 e. The molecule has 1 aromatic heterocycles. The number of aromatic carboxylic acids is 1. The Hall–Kier alpha value is -3.35. The summed E-state index contributed by atoms with van der Waals surface area (Å²) < 4.78 is 0. The summed E-state index contributed by atoms with van der Waals surface area (Å²) in [5, 5.41) is 11.7. The molecule has 22 heavy (non-hydrogen) atoms. The average molecular weight is 297 g/mol. The molecule has 0 aliphatic carbocycles. The van der Waals surface area contributed by atoms with Crippen LogP contribution in [0.2, 0.25) is 0 Å². The molecule has 0 aliphatic rings. The molecular formula is C15H11N3O4. The van der Waals surface area contributed by atoms with Gasteiger partial charge in [-0.05, 0) is 30.3 Å². The van der Waals surface area contributed by atoms with Gasteiger partial charge in [0.1, 0.15) is 0 Å². The first-order valence-corrected chi connectivity index (χ1v) is 6.40. The highest BCUT2D eigenvalue weighted by atomic mass is 16.4. The van der Waals surface area contributed by atoms with Crippen LogP contribution in [0.3, 0.4) is 0 Å². The van der Waals surface area contributed by atoms with Crippen molar-refractivity contribution in [2.45, 2.75) is 0 Å². The normalized spacial score (nSPS) is 10.5. The van der Waals surface area contributed by atoms with Crippen LogP contribution < -0.4 is 11.0 Å². The number of carboxylic acid groups (broad SMARTS) is 1. The van der Waals surface area contributed by atoms with E-state index in [4.69, 9.17) is 5.11 Å². The summed E-state index contributed by atoms with van der Waals surface area (Å²) in [7, 11) is 0. The number of carboxylic acids is 1. The molecule has 0 saturated heterocycles. The second-order valence-electron chi connectivity index (χ2n) is 4.64. The zero-order valence-corrected chi connectivity index (χ0v) is 11.2. The number of H-pyrrole nitrogens is 2. The van der Waals surface area contributed by atoms with Crippen LogP contribution in [0.5, 0.6) is 0 Å². The largest absolute Gasteiger partial charge is 0.478 e. The predicted molar refractivity (Wildman–Crippen MR) is 80.3 cm³/mol. The third-order valence-corrected chi connectivity index (χ3v) is 3.18. The lowest BCUT2D eigenvalue weighted by molar-refractivity contribution is 0.0692. The number of carbonyl (C=O) groups excluding carboxylic acids is 1. The van der Waals surface area contributed by atoms with Crippen LogP contribution >= 0.6 is 0 Å². The number of aromatic amines is 2. The van der Waals surface area contributed by atoms with Gasteiger partial charge in [0.2, 0.25) is 0 Å². The minimum absolute atomic E-state index is 0.0673. The SMILES string of the molecule is O=C(O)c1ccccc1C(=O)Nc1ccc2[nH]c(=O)[nH]c2c1. The van der Waals surface area contributed by atoms with E-state index in [2.05, 4.69) is 15.3 Å². The first-order chi connectivity index (χ1) is 10.5. The number of hydrogen-bond acceptors (Lipinski definition) is 3. The van der Waals surface area contributed by atoms with E-state index < -0.39 is 11.9 Å². The number of imidazole rings is 1. The van der Waals surface area contributed by atoms with Crippen molar-refractivity contribution in [1.82, 2.24) is 9.97 Å². The molecule has 7 heteroatoms. The maximum Gasteiger partial charge on any atom is 0.336 e. The van der Waals surface area contributed by atoms with Gasteiger partial charge in [-0.15, -0.1) is 0 Å². The second-order valence-corrected chi connectivity index (χ2v) is 4.64. The number of benzene rings is 2. The Bertz CT molecular complexity index is 939. The summed E-state index contributed by atoms with van der Waals surface area (Å²) >= 11 is 0. The summed E-state index contributed by atoms with van der Waals surface area (Å²) in [4.78, 5) is 39.7. The van der Waals surface area contributed by atoms with Gasteiger partial charge in [0, 0.05) is 5.69 Å². The molecule has 3 rings (SSSR count). The smallest absolute Gasteiger partial charge is 0.336 e. The lowest BCUT2D eigenvalue weighted by Gasteiger charge is -2.07. The van der Waals surface area contributed by atoms with E-state index >= 15 is 0 Å². The summed E-state index contributed by atoms with van der Waals surface area (Å²) in [6.45, 7) is 0. The van der Waals surface area contributed by atoms with Crippen LogP contribution in [-0.4, -0.2) is 27.0 Å². The minimum atomic E-state index is -1.17. The van der Waals surface area contributed by atoms with E-state index in [9.17, 15) is 14.4 Å². The molecule has 3 aromatic rings. The van der Waals surface area contributed by atoms with Crippen LogP contribution in [0.25, 0.3) is 11.0 Å². The number of hydrogen-bond donors (Lipinski definition) is 4. The number of anilines is 1. The fraction of sp³-hybridized carbons (Fsp3) is 0. The highest BCUT2D eigenvalue weighted by Gasteiger charge is 2.16. The number of amides is 1. The van der Waals surface area contributed by atoms with Gasteiger partial charge in [0.15, 0.2) is 0 Å². The third-order valence-electron chi connectivity index (χ3n) is 3.18. The monoisotopic (exact) mass is 297 g/mol. The first kappa shape index (κ1) is 13.6. The lowest BCUT2D eigenvalue weighted by atomic mass is 10.1. The third kappa shape index (κ3) is 2.47. The number of aromatic nitrogens is 2. The van der Waals surface area contributed by atoms with Crippen LogP contribution in [0.15, 0.2) is 47.3 Å². The van der Waals surface area contributed by atoms with Gasteiger partial charge in [-0.25, -0.2) is 9.59 Å². The van der Waals surface area contributed by atoms with Crippen molar-refractivity contribution in [2.24, 2.45) is 0 Å². The van der Waals surface area contributed by atoms with Crippen molar-refractivity contribution in [3.63, 3.8) is 0 Å². The van der Waals surface area contributed by atoms with Crippen molar-refractivity contribution >= 4 is 28.6 Å². The number of fused-ring (bicyclic) bond motifs is 1. The van der Waals surface area contributed by atoms with Gasteiger partial charge < -0.3 is 20.4 Å². The fourth-order valence-electron chi connectivity index (χ4n) is 2.18. The number of carbonyl (C=O) groups is 2. The topological polar surface area (TPSA) is 115 Å². The molecule has 0 radical (unpaired) electrons. The number of rotatable bonds is 3. The predicted octanol–water partition coefficient (Wildman–Crippen LogP) is 1.81. The molecule has 0 aliphatic heterocycles. The second kappa shape index (κ2) is 5.21. The standard InChI is InChI=1S/C15H11N3O4/c19-13(9-3-1-2-4-10(9)14(20)21)16-8-5-6-11-12(7-8)18-15(22)17-11/h1-7H,(H,16,19)(H,20,21)(H2,17,18,22). The van der Waals surface area contributed by atoms with E-state index in [1.165, 1.54) is 12.1 Å². The Balaban J connectivity index is 1.93. The summed E-state index contributed by atoms with van der Waals surface area (Å²) in [6, 6.07) is 10.8. The van der Waals surface area contributed by atoms with Crippen LogP contribution in [0.4, 0.5) is 5.69 Å². The van der Waals surface area contributed by atoms with Gasteiger partial charge in [-0.3, -0.25) is 4.79 Å². The molecule has 0 unspecified atom stereocenters. The van der Waals surface area contributed by atoms with Crippen LogP contribution in [0.1, 0.15) is 20.7 Å². The van der Waals surface area contributed by atoms with Gasteiger partial charge in [-0.1, -0.05) is 12.1 Å². The highest BCUT2D eigenvalue weighted by molar-refractivity contribution is 6.11. The molecule has 0 atom stereocenters. The highest BCUT2D eigenvalue weighted by Crippen LogP contribution is 2.17. The maximum atomic E-state index is 12.2. The molecule has 4 N–H and O–H groups in total. The summed E-state index contributed by atoms with van der Waals surface area (Å²) in [5.41, 5.74) is 1.28. The van der Waals surface area contributed by atoms with E-state index in [1.54, 1.807) is 30.3 Å². The van der Waals surface area contributed by atoms with Crippen molar-refractivity contribution in [3.8, 4) is 0 Å². The van der Waals surface area contributed by atoms with Crippen molar-refractivity contribution in [1.29, 1.82) is 0 Å². The molecule has 110 valence electrons. The maximum absolute atomic E-state index is 12.2. The average Bonchev–Trinajstić information content (AvgIpc) is 2.86. The van der Waals surface area contributed by atoms with Gasteiger partial charge >= 0.3 is 11.7 Å². The Labute approximate surface area is 123 Å². The molecular weight excluding hydrogens is 286 g/mol. The van der Waals surface area contributed by atoms with Crippen molar-refractivity contribution in [2.75, 3.05) is 5.32 Å². The van der Waals surface area contributed by atoms with Crippen LogP contribution in [0, 0.1) is 0 Å². The van der Waals surface area contributed by atoms with E-state index in [0.29, 0.717) is 16.7 Å². The molecule has 2 aromatic carbocycles. The van der Waals surface area contributed by atoms with Crippen LogP contribution in [-0.2, 0) is 0 Å². The molecule has 0 saturated carbocycles. The Morgan fingerprint density at radius 2 is 1.64 bits per heavy atom. The Kier molecular flexibility index (Phi) is 3.23. The van der Waals surface area contributed by atoms with E-state index in [-0.39, 0.29) is 16.8 Å². The zero-order chi connectivity index (χ0) is 15.7. The quantitative estimate of drug-likeness (QED) is 0.590. The molecule has 7 nitrogen and oxygen atoms in total. The molecule has 0 fully saturated rings. The van der Waals surface area contributed by atoms with Crippen molar-refractivity contribution < 1.29 is 14.7 Å². The summed E-state index contributed by atoms with van der Waals surface area (Å²) in [5.74, 6) is -1.70. The lowest BCUT2D eigenvalue weighted by Crippen LogP contribution is -2.16. The van der Waals surface area contributed by atoms with Gasteiger partial charge in [0.05, 0.1) is 22.2 Å².